The maximum absolute atomic E-state index is 5.61. The molecule has 0 spiro atoms. The van der Waals surface area contributed by atoms with Crippen LogP contribution in [-0.4, -0.2) is 39.4 Å². The van der Waals surface area contributed by atoms with Crippen molar-refractivity contribution in [2.45, 2.75) is 26.1 Å². The molecule has 3 heteroatoms. The lowest BCUT2D eigenvalue weighted by molar-refractivity contribution is 0.0117. The van der Waals surface area contributed by atoms with Gasteiger partial charge in [0.25, 0.3) is 0 Å². The molecule has 0 aliphatic heterocycles. The van der Waals surface area contributed by atoms with E-state index in [0.29, 0.717) is 12.2 Å². The molecule has 3 nitrogen and oxygen atoms in total. The lowest BCUT2D eigenvalue weighted by atomic mass is 10.3. The third kappa shape index (κ3) is 6.28. The third-order valence-corrected chi connectivity index (χ3v) is 1.45. The van der Waals surface area contributed by atoms with E-state index in [1.54, 1.807) is 0 Å². The van der Waals surface area contributed by atoms with Gasteiger partial charge in [0.2, 0.25) is 0 Å². The zero-order valence-electron chi connectivity index (χ0n) is 7.98. The molecule has 0 amide bonds. The fraction of sp³-hybridized carbons (Fsp3) is 1.00. The van der Waals surface area contributed by atoms with Crippen LogP contribution in [0.5, 0.6) is 0 Å². The molecule has 0 saturated carbocycles. The van der Waals surface area contributed by atoms with Crippen molar-refractivity contribution in [3.8, 4) is 0 Å². The van der Waals surface area contributed by atoms with E-state index in [1.807, 2.05) is 14.1 Å². The van der Waals surface area contributed by atoms with Crippen molar-refractivity contribution in [2.24, 2.45) is 0 Å². The molecule has 2 N–H and O–H groups in total. The Morgan fingerprint density at radius 1 is 1.00 bits per heavy atom. The second-order valence-corrected chi connectivity index (χ2v) is 2.87. The monoisotopic (exact) mass is 160 g/mol. The Labute approximate surface area is 69.5 Å². The zero-order valence-corrected chi connectivity index (χ0v) is 7.98. The highest BCUT2D eigenvalue weighted by Gasteiger charge is 2.05. The molecule has 0 fully saturated rings. The molecule has 0 heterocycles. The highest BCUT2D eigenvalue weighted by molar-refractivity contribution is 4.58. The van der Waals surface area contributed by atoms with E-state index >= 15 is 0 Å². The standard InChI is InChI=1S/C8H20N2O/c1-7(5-9-3)11-8(2)6-10-4/h7-10H,5-6H2,1-4H3. The Balaban J connectivity index is 3.32. The fourth-order valence-electron chi connectivity index (χ4n) is 1.07. The maximum Gasteiger partial charge on any atom is 0.0675 e. The molecule has 0 aliphatic rings. The second kappa shape index (κ2) is 6.58. The number of likely N-dealkylation sites (N-methyl/N-ethyl adjacent to an activating group) is 2. The first-order valence-corrected chi connectivity index (χ1v) is 4.15. The van der Waals surface area contributed by atoms with Crippen LogP contribution in [0.2, 0.25) is 0 Å². The molecule has 0 rings (SSSR count). The Hall–Kier alpha value is -0.120. The third-order valence-electron chi connectivity index (χ3n) is 1.45. The van der Waals surface area contributed by atoms with Gasteiger partial charge in [0.05, 0.1) is 12.2 Å². The predicted octanol–water partition coefficient (Wildman–Crippen LogP) is 0.219. The molecular weight excluding hydrogens is 140 g/mol. The molecule has 0 radical (unpaired) electrons. The minimum Gasteiger partial charge on any atom is -0.373 e. The molecule has 0 aliphatic carbocycles. The first-order valence-electron chi connectivity index (χ1n) is 4.15. The SMILES string of the molecule is CNCC(C)OC(C)CNC. The summed E-state index contributed by atoms with van der Waals surface area (Å²) in [6, 6.07) is 0. The molecule has 11 heavy (non-hydrogen) atoms. The molecular formula is C8H20N2O. The summed E-state index contributed by atoms with van der Waals surface area (Å²) in [6.45, 7) is 5.97. The Kier molecular flexibility index (Phi) is 6.51. The summed E-state index contributed by atoms with van der Waals surface area (Å²) < 4.78 is 5.61. The summed E-state index contributed by atoms with van der Waals surface area (Å²) in [5, 5.41) is 6.14. The van der Waals surface area contributed by atoms with Crippen molar-refractivity contribution in [1.29, 1.82) is 0 Å². The maximum atomic E-state index is 5.61. The van der Waals surface area contributed by atoms with E-state index in [-0.39, 0.29) is 0 Å². The highest BCUT2D eigenvalue weighted by atomic mass is 16.5. The number of rotatable bonds is 6. The van der Waals surface area contributed by atoms with Crippen LogP contribution >= 0.6 is 0 Å². The predicted molar refractivity (Wildman–Crippen MR) is 47.9 cm³/mol. The van der Waals surface area contributed by atoms with Crippen molar-refractivity contribution >= 4 is 0 Å². The topological polar surface area (TPSA) is 33.3 Å². The van der Waals surface area contributed by atoms with Crippen LogP contribution in [0.25, 0.3) is 0 Å². The number of ether oxygens (including phenoxy) is 1. The first kappa shape index (κ1) is 10.9. The van der Waals surface area contributed by atoms with Crippen molar-refractivity contribution in [3.05, 3.63) is 0 Å². The van der Waals surface area contributed by atoms with Crippen molar-refractivity contribution in [3.63, 3.8) is 0 Å². The van der Waals surface area contributed by atoms with Gasteiger partial charge in [-0.25, -0.2) is 0 Å². The van der Waals surface area contributed by atoms with E-state index in [4.69, 9.17) is 4.74 Å². The van der Waals surface area contributed by atoms with Gasteiger partial charge in [-0.2, -0.15) is 0 Å². The molecule has 0 aromatic heterocycles. The minimum atomic E-state index is 0.295. The minimum absolute atomic E-state index is 0.295. The largest absolute Gasteiger partial charge is 0.373 e. The number of nitrogens with one attached hydrogen (secondary N) is 2. The van der Waals surface area contributed by atoms with E-state index < -0.39 is 0 Å². The van der Waals surface area contributed by atoms with Crippen LogP contribution in [0.15, 0.2) is 0 Å². The van der Waals surface area contributed by atoms with Gasteiger partial charge in [0, 0.05) is 13.1 Å². The van der Waals surface area contributed by atoms with Crippen molar-refractivity contribution in [1.82, 2.24) is 10.6 Å². The first-order chi connectivity index (χ1) is 5.20. The molecule has 0 aromatic rings. The van der Waals surface area contributed by atoms with Crippen molar-refractivity contribution < 1.29 is 4.74 Å². The molecule has 0 saturated heterocycles. The van der Waals surface area contributed by atoms with Gasteiger partial charge in [-0.05, 0) is 27.9 Å². The van der Waals surface area contributed by atoms with E-state index in [1.165, 1.54) is 0 Å². The average Bonchev–Trinajstić information content (AvgIpc) is 1.87. The molecule has 0 bridgehead atoms. The van der Waals surface area contributed by atoms with Crippen LogP contribution in [-0.2, 0) is 4.74 Å². The van der Waals surface area contributed by atoms with Gasteiger partial charge in [-0.15, -0.1) is 0 Å². The Morgan fingerprint density at radius 3 is 1.64 bits per heavy atom. The zero-order chi connectivity index (χ0) is 8.69. The summed E-state index contributed by atoms with van der Waals surface area (Å²) in [5.74, 6) is 0. The molecule has 0 aromatic carbocycles. The Bertz CT molecular complexity index is 78.2. The van der Waals surface area contributed by atoms with Gasteiger partial charge in [0.1, 0.15) is 0 Å². The van der Waals surface area contributed by atoms with Gasteiger partial charge < -0.3 is 15.4 Å². The fourth-order valence-corrected chi connectivity index (χ4v) is 1.07. The van der Waals surface area contributed by atoms with Crippen molar-refractivity contribution in [2.75, 3.05) is 27.2 Å². The van der Waals surface area contributed by atoms with E-state index in [9.17, 15) is 0 Å². The average molecular weight is 160 g/mol. The summed E-state index contributed by atoms with van der Waals surface area (Å²) in [4.78, 5) is 0. The summed E-state index contributed by atoms with van der Waals surface area (Å²) in [5.41, 5.74) is 0. The number of hydrogen-bond donors (Lipinski definition) is 2. The summed E-state index contributed by atoms with van der Waals surface area (Å²) in [7, 11) is 3.87. The molecule has 68 valence electrons. The summed E-state index contributed by atoms with van der Waals surface area (Å²) >= 11 is 0. The van der Waals surface area contributed by atoms with Gasteiger partial charge in [0.15, 0.2) is 0 Å². The van der Waals surface area contributed by atoms with Crippen LogP contribution in [0.1, 0.15) is 13.8 Å². The van der Waals surface area contributed by atoms with Gasteiger partial charge in [-0.3, -0.25) is 0 Å². The van der Waals surface area contributed by atoms with Crippen LogP contribution < -0.4 is 10.6 Å². The van der Waals surface area contributed by atoms with Gasteiger partial charge >= 0.3 is 0 Å². The van der Waals surface area contributed by atoms with Crippen LogP contribution in [0.3, 0.4) is 0 Å². The number of hydrogen-bond acceptors (Lipinski definition) is 3. The normalized spacial score (nSPS) is 16.4. The van der Waals surface area contributed by atoms with Crippen LogP contribution in [0.4, 0.5) is 0 Å². The van der Waals surface area contributed by atoms with Gasteiger partial charge in [-0.1, -0.05) is 0 Å². The quantitative estimate of drug-likeness (QED) is 0.583. The smallest absolute Gasteiger partial charge is 0.0675 e. The lowest BCUT2D eigenvalue weighted by Crippen LogP contribution is -2.31. The summed E-state index contributed by atoms with van der Waals surface area (Å²) in [6.07, 6.45) is 0.590. The molecule has 2 unspecified atom stereocenters. The highest BCUT2D eigenvalue weighted by Crippen LogP contribution is 1.95. The van der Waals surface area contributed by atoms with E-state index in [0.717, 1.165) is 13.1 Å². The van der Waals surface area contributed by atoms with E-state index in [2.05, 4.69) is 24.5 Å². The van der Waals surface area contributed by atoms with Crippen LogP contribution in [0, 0.1) is 0 Å². The lowest BCUT2D eigenvalue weighted by Gasteiger charge is -2.18. The second-order valence-electron chi connectivity index (χ2n) is 2.87. The Morgan fingerprint density at radius 2 is 1.36 bits per heavy atom. The molecule has 2 atom stereocenters.